The van der Waals surface area contributed by atoms with Crippen LogP contribution in [0.25, 0.3) is 0 Å². The van der Waals surface area contributed by atoms with Crippen molar-refractivity contribution >= 4 is 35.7 Å². The second kappa shape index (κ2) is 6.34. The highest BCUT2D eigenvalue weighted by Gasteiger charge is 2.35. The number of hydrogen-bond donors (Lipinski definition) is 1. The number of nitrogens with one attached hydrogen (secondary N) is 1. The molecule has 1 N–H and O–H groups in total. The number of rotatable bonds is 4. The number of nitrogens with zero attached hydrogens (tertiary/aromatic N) is 2. The maximum Gasteiger partial charge on any atom is 0.325 e. The van der Waals surface area contributed by atoms with Crippen LogP contribution in [0.4, 0.5) is 4.79 Å². The van der Waals surface area contributed by atoms with E-state index in [-0.39, 0.29) is 19.0 Å². The number of carbonyl (C=O) groups excluding carboxylic acids is 4. The fraction of sp³-hybridized carbons (Fsp3) is 0.600. The summed E-state index contributed by atoms with van der Waals surface area (Å²) in [5.41, 5.74) is 0. The van der Waals surface area contributed by atoms with Crippen molar-refractivity contribution in [1.82, 2.24) is 15.1 Å². The van der Waals surface area contributed by atoms with E-state index in [1.807, 2.05) is 0 Å². The van der Waals surface area contributed by atoms with Crippen LogP contribution in [0.2, 0.25) is 0 Å². The molecule has 1 radical (unpaired) electrons. The van der Waals surface area contributed by atoms with E-state index in [4.69, 9.17) is 11.6 Å². The first-order valence-electron chi connectivity index (χ1n) is 5.40. The van der Waals surface area contributed by atoms with Gasteiger partial charge >= 0.3 is 17.8 Å². The summed E-state index contributed by atoms with van der Waals surface area (Å²) in [5.74, 6) is -1.78. The Balaban J connectivity index is 2.68. The van der Waals surface area contributed by atoms with E-state index >= 15 is 0 Å². The lowest BCUT2D eigenvalue weighted by atomic mass is 10.3. The van der Waals surface area contributed by atoms with Crippen molar-refractivity contribution in [3.63, 3.8) is 0 Å². The van der Waals surface area contributed by atoms with Gasteiger partial charge in [-0.2, -0.15) is 0 Å². The lowest BCUT2D eigenvalue weighted by molar-refractivity contribution is -0.153. The van der Waals surface area contributed by atoms with Gasteiger partial charge in [0, 0.05) is 19.6 Å². The minimum Gasteiger partial charge on any atom is -0.333 e. The lowest BCUT2D eigenvalue weighted by Crippen LogP contribution is -2.59. The molecule has 1 unspecified atom stereocenters. The largest absolute Gasteiger partial charge is 0.333 e. The number of urea groups is 1. The number of piperazine rings is 1. The summed E-state index contributed by atoms with van der Waals surface area (Å²) >= 11 is 5.41. The fourth-order valence-corrected chi connectivity index (χ4v) is 1.64. The highest BCUT2D eigenvalue weighted by Crippen LogP contribution is 2.05. The Hall–Kier alpha value is -1.63. The van der Waals surface area contributed by atoms with Crippen molar-refractivity contribution in [3.05, 3.63) is 0 Å². The van der Waals surface area contributed by atoms with E-state index < -0.39 is 23.9 Å². The minimum atomic E-state index is -0.994. The average Bonchev–Trinajstić information content (AvgIpc) is 2.38. The zero-order chi connectivity index (χ0) is 13.7. The first kappa shape index (κ1) is 14.4. The zero-order valence-corrected chi connectivity index (χ0v) is 10.6. The molecule has 0 spiro atoms. The topological polar surface area (TPSA) is 86.8 Å². The van der Waals surface area contributed by atoms with Crippen LogP contribution in [0.3, 0.4) is 0 Å². The molecular weight excluding hydrogens is 262 g/mol. The van der Waals surface area contributed by atoms with E-state index in [1.165, 1.54) is 11.2 Å². The van der Waals surface area contributed by atoms with Gasteiger partial charge in [0.25, 0.3) is 0 Å². The molecule has 1 aliphatic rings. The molecule has 0 aromatic heterocycles. The third kappa shape index (κ3) is 2.98. The number of hydrogen-bond acceptors (Lipinski definition) is 4. The van der Waals surface area contributed by atoms with Crippen molar-refractivity contribution in [3.8, 4) is 0 Å². The molecule has 0 aromatic carbocycles. The highest BCUT2D eigenvalue weighted by atomic mass is 35.5. The van der Waals surface area contributed by atoms with E-state index in [1.54, 1.807) is 6.92 Å². The van der Waals surface area contributed by atoms with Gasteiger partial charge in [0.1, 0.15) is 6.04 Å². The van der Waals surface area contributed by atoms with Crippen molar-refractivity contribution < 1.29 is 19.2 Å². The van der Waals surface area contributed by atoms with E-state index in [9.17, 15) is 19.2 Å². The molecule has 1 heterocycles. The molecule has 1 fully saturated rings. The molecule has 0 bridgehead atoms. The highest BCUT2D eigenvalue weighted by molar-refractivity contribution is 6.38. The van der Waals surface area contributed by atoms with Crippen molar-refractivity contribution in [2.45, 2.75) is 13.0 Å². The Morgan fingerprint density at radius 3 is 2.61 bits per heavy atom. The predicted octanol–water partition coefficient (Wildman–Crippen LogP) is -0.896. The van der Waals surface area contributed by atoms with Gasteiger partial charge in [-0.3, -0.25) is 19.3 Å². The Bertz CT molecular complexity index is 374. The number of imide groups is 1. The second-order valence-electron chi connectivity index (χ2n) is 3.62. The standard InChI is InChI=1S/C10H13ClN3O4/c1-2-13-3-4-14(9(17)8(13)16)10(18)12-7(5-11)6-15/h7H,2-5H2,1H3,(H,12,18). The summed E-state index contributed by atoms with van der Waals surface area (Å²) in [5, 5.41) is 2.21. The Morgan fingerprint density at radius 1 is 1.44 bits per heavy atom. The molecule has 18 heavy (non-hydrogen) atoms. The molecule has 0 saturated carbocycles. The van der Waals surface area contributed by atoms with Crippen molar-refractivity contribution in [1.29, 1.82) is 0 Å². The smallest absolute Gasteiger partial charge is 0.325 e. The van der Waals surface area contributed by atoms with Crippen molar-refractivity contribution in [2.75, 3.05) is 25.5 Å². The third-order valence-corrected chi connectivity index (χ3v) is 2.84. The van der Waals surface area contributed by atoms with Crippen LogP contribution in [0.5, 0.6) is 0 Å². The van der Waals surface area contributed by atoms with Gasteiger partial charge in [-0.25, -0.2) is 4.79 Å². The fourth-order valence-electron chi connectivity index (χ4n) is 1.50. The summed E-state index contributed by atoms with van der Waals surface area (Å²) in [7, 11) is 0. The quantitative estimate of drug-likeness (QED) is 0.532. The Morgan fingerprint density at radius 2 is 2.11 bits per heavy atom. The van der Waals surface area contributed by atoms with Crippen LogP contribution in [0, 0.1) is 0 Å². The number of alkyl halides is 1. The summed E-state index contributed by atoms with van der Waals surface area (Å²) in [4.78, 5) is 47.4. The summed E-state index contributed by atoms with van der Waals surface area (Å²) < 4.78 is 0. The van der Waals surface area contributed by atoms with Crippen LogP contribution in [0.15, 0.2) is 0 Å². The lowest BCUT2D eigenvalue weighted by Gasteiger charge is -2.32. The molecule has 1 rings (SSSR count). The molecule has 8 heteroatoms. The summed E-state index contributed by atoms with van der Waals surface area (Å²) in [6, 6.07) is -1.80. The van der Waals surface area contributed by atoms with Crippen LogP contribution in [0.1, 0.15) is 6.92 Å². The molecule has 1 saturated heterocycles. The predicted molar refractivity (Wildman–Crippen MR) is 62.7 cm³/mol. The first-order valence-corrected chi connectivity index (χ1v) is 5.93. The van der Waals surface area contributed by atoms with Crippen LogP contribution >= 0.6 is 11.6 Å². The Kier molecular flexibility index (Phi) is 5.08. The molecule has 4 amide bonds. The van der Waals surface area contributed by atoms with Gasteiger partial charge in [0.15, 0.2) is 0 Å². The van der Waals surface area contributed by atoms with Gasteiger partial charge in [0.2, 0.25) is 6.29 Å². The van der Waals surface area contributed by atoms with Crippen LogP contribution in [-0.2, 0) is 14.4 Å². The maximum absolute atomic E-state index is 11.7. The zero-order valence-electron chi connectivity index (χ0n) is 9.81. The second-order valence-corrected chi connectivity index (χ2v) is 3.92. The van der Waals surface area contributed by atoms with Crippen LogP contribution < -0.4 is 5.32 Å². The number of likely N-dealkylation sites (N-methyl/N-ethyl adjacent to an activating group) is 1. The van der Waals surface area contributed by atoms with Gasteiger partial charge in [-0.15, -0.1) is 11.6 Å². The average molecular weight is 275 g/mol. The summed E-state index contributed by atoms with van der Waals surface area (Å²) in [6.45, 7) is 2.53. The molecule has 0 aliphatic carbocycles. The van der Waals surface area contributed by atoms with E-state index in [0.717, 1.165) is 4.90 Å². The first-order chi connectivity index (χ1) is 8.54. The van der Waals surface area contributed by atoms with Crippen molar-refractivity contribution in [2.24, 2.45) is 0 Å². The third-order valence-electron chi connectivity index (χ3n) is 2.53. The van der Waals surface area contributed by atoms with E-state index in [0.29, 0.717) is 6.54 Å². The SMILES string of the molecule is CCN1CCN(C(=O)NC([C]=O)CCl)C(=O)C1=O. The minimum absolute atomic E-state index is 0.0953. The molecule has 1 aliphatic heterocycles. The van der Waals surface area contributed by atoms with Gasteiger partial charge in [0.05, 0.1) is 5.88 Å². The molecular formula is C10H13ClN3O4. The maximum atomic E-state index is 11.7. The van der Waals surface area contributed by atoms with Crippen LogP contribution in [-0.4, -0.2) is 65.5 Å². The number of amides is 4. The molecule has 1 atom stereocenters. The number of halogens is 1. The molecule has 0 aromatic rings. The monoisotopic (exact) mass is 274 g/mol. The van der Waals surface area contributed by atoms with Gasteiger partial charge in [-0.1, -0.05) is 0 Å². The number of carbonyl (C=O) groups is 3. The molecule has 99 valence electrons. The van der Waals surface area contributed by atoms with Gasteiger partial charge in [-0.05, 0) is 6.92 Å². The Labute approximate surface area is 109 Å². The molecule has 7 nitrogen and oxygen atoms in total. The normalized spacial score (nSPS) is 17.7. The van der Waals surface area contributed by atoms with Gasteiger partial charge < -0.3 is 10.2 Å². The summed E-state index contributed by atoms with van der Waals surface area (Å²) in [6.07, 6.45) is 1.52. The van der Waals surface area contributed by atoms with E-state index in [2.05, 4.69) is 5.32 Å².